The first-order valence-electron chi connectivity index (χ1n) is 5.03. The van der Waals surface area contributed by atoms with Gasteiger partial charge in [0.05, 0.1) is 12.4 Å². The summed E-state index contributed by atoms with van der Waals surface area (Å²) in [6.45, 7) is 6.76. The molecule has 0 bridgehead atoms. The standard InChI is InChI=1S/C10H20O2Si/c1-13(2,3)12-10-7-5-4-6-9(10)8-11/h7,9,11H,4-6,8H2,1-3H3. The van der Waals surface area contributed by atoms with Crippen LogP contribution < -0.4 is 0 Å². The molecule has 3 heteroatoms. The van der Waals surface area contributed by atoms with Crippen LogP contribution in [-0.4, -0.2) is 20.0 Å². The van der Waals surface area contributed by atoms with Crippen molar-refractivity contribution in [1.82, 2.24) is 0 Å². The largest absolute Gasteiger partial charge is 0.547 e. The summed E-state index contributed by atoms with van der Waals surface area (Å²) in [5.74, 6) is 1.31. The van der Waals surface area contributed by atoms with E-state index in [1.165, 1.54) is 6.42 Å². The molecule has 1 aliphatic rings. The smallest absolute Gasteiger partial charge is 0.241 e. The van der Waals surface area contributed by atoms with Gasteiger partial charge in [0, 0.05) is 5.92 Å². The van der Waals surface area contributed by atoms with Crippen molar-refractivity contribution < 1.29 is 9.53 Å². The van der Waals surface area contributed by atoms with Crippen molar-refractivity contribution in [3.05, 3.63) is 11.8 Å². The fourth-order valence-corrected chi connectivity index (χ4v) is 2.53. The molecule has 0 radical (unpaired) electrons. The normalized spacial score (nSPS) is 24.0. The maximum Gasteiger partial charge on any atom is 0.241 e. The predicted molar refractivity (Wildman–Crippen MR) is 56.9 cm³/mol. The zero-order valence-corrected chi connectivity index (χ0v) is 9.84. The van der Waals surface area contributed by atoms with Gasteiger partial charge in [-0.25, -0.2) is 0 Å². The molecule has 1 N–H and O–H groups in total. The average molecular weight is 200 g/mol. The van der Waals surface area contributed by atoms with Crippen LogP contribution in [-0.2, 0) is 4.43 Å². The van der Waals surface area contributed by atoms with Crippen LogP contribution in [0.3, 0.4) is 0 Å². The van der Waals surface area contributed by atoms with Gasteiger partial charge in [0.1, 0.15) is 0 Å². The second-order valence-corrected chi connectivity index (χ2v) is 9.06. The van der Waals surface area contributed by atoms with Gasteiger partial charge < -0.3 is 9.53 Å². The molecule has 0 amide bonds. The maximum absolute atomic E-state index is 9.15. The van der Waals surface area contributed by atoms with Crippen LogP contribution in [0.1, 0.15) is 19.3 Å². The highest BCUT2D eigenvalue weighted by Crippen LogP contribution is 2.27. The molecule has 0 aromatic heterocycles. The summed E-state index contributed by atoms with van der Waals surface area (Å²) in [5, 5.41) is 9.15. The fraction of sp³-hybridized carbons (Fsp3) is 0.800. The van der Waals surface area contributed by atoms with Gasteiger partial charge in [-0.15, -0.1) is 0 Å². The van der Waals surface area contributed by atoms with E-state index < -0.39 is 8.32 Å². The van der Waals surface area contributed by atoms with E-state index in [2.05, 4.69) is 25.7 Å². The molecule has 1 rings (SSSR count). The van der Waals surface area contributed by atoms with Gasteiger partial charge in [0.25, 0.3) is 0 Å². The topological polar surface area (TPSA) is 29.5 Å². The molecule has 0 aromatic carbocycles. The first-order valence-corrected chi connectivity index (χ1v) is 8.43. The third-order valence-electron chi connectivity index (χ3n) is 2.15. The summed E-state index contributed by atoms with van der Waals surface area (Å²) in [6, 6.07) is 0. The Morgan fingerprint density at radius 1 is 1.54 bits per heavy atom. The second-order valence-electron chi connectivity index (χ2n) is 4.63. The lowest BCUT2D eigenvalue weighted by molar-refractivity contribution is 0.193. The highest BCUT2D eigenvalue weighted by molar-refractivity contribution is 6.70. The van der Waals surface area contributed by atoms with E-state index in [-0.39, 0.29) is 12.5 Å². The minimum Gasteiger partial charge on any atom is -0.547 e. The van der Waals surface area contributed by atoms with Crippen molar-refractivity contribution in [3.8, 4) is 0 Å². The maximum atomic E-state index is 9.15. The van der Waals surface area contributed by atoms with Crippen LogP contribution in [0, 0.1) is 5.92 Å². The molecule has 76 valence electrons. The van der Waals surface area contributed by atoms with Crippen molar-refractivity contribution in [2.24, 2.45) is 5.92 Å². The zero-order chi connectivity index (χ0) is 9.90. The Labute approximate surface area is 81.7 Å². The van der Waals surface area contributed by atoms with Crippen molar-refractivity contribution in [3.63, 3.8) is 0 Å². The zero-order valence-electron chi connectivity index (χ0n) is 8.84. The Kier molecular flexibility index (Phi) is 3.56. The molecular formula is C10H20O2Si. The van der Waals surface area contributed by atoms with Gasteiger partial charge in [0.15, 0.2) is 0 Å². The molecule has 1 aliphatic carbocycles. The van der Waals surface area contributed by atoms with Crippen molar-refractivity contribution >= 4 is 8.32 Å². The fourth-order valence-electron chi connectivity index (χ4n) is 1.58. The van der Waals surface area contributed by atoms with E-state index in [1.54, 1.807) is 0 Å². The molecule has 1 unspecified atom stereocenters. The van der Waals surface area contributed by atoms with Crippen molar-refractivity contribution in [2.75, 3.05) is 6.61 Å². The first kappa shape index (κ1) is 10.8. The number of rotatable bonds is 3. The van der Waals surface area contributed by atoms with E-state index in [4.69, 9.17) is 9.53 Å². The van der Waals surface area contributed by atoms with E-state index >= 15 is 0 Å². The van der Waals surface area contributed by atoms with Gasteiger partial charge in [-0.1, -0.05) is 0 Å². The van der Waals surface area contributed by atoms with Crippen molar-refractivity contribution in [1.29, 1.82) is 0 Å². The van der Waals surface area contributed by atoms with E-state index in [0.717, 1.165) is 18.6 Å². The van der Waals surface area contributed by atoms with Crippen LogP contribution in [0.15, 0.2) is 11.8 Å². The summed E-state index contributed by atoms with van der Waals surface area (Å²) in [4.78, 5) is 0. The monoisotopic (exact) mass is 200 g/mol. The van der Waals surface area contributed by atoms with Gasteiger partial charge in [-0.05, 0) is 45.0 Å². The SMILES string of the molecule is C[Si](C)(C)OC1=CCCCC1CO. The Hall–Kier alpha value is -0.283. The van der Waals surface area contributed by atoms with Crippen LogP contribution >= 0.6 is 0 Å². The Morgan fingerprint density at radius 2 is 2.23 bits per heavy atom. The van der Waals surface area contributed by atoms with E-state index in [9.17, 15) is 0 Å². The molecule has 0 spiro atoms. The Bertz CT molecular complexity index is 194. The van der Waals surface area contributed by atoms with Gasteiger partial charge >= 0.3 is 0 Å². The van der Waals surface area contributed by atoms with Gasteiger partial charge in [0.2, 0.25) is 8.32 Å². The number of aliphatic hydroxyl groups excluding tert-OH is 1. The highest BCUT2D eigenvalue weighted by atomic mass is 28.4. The average Bonchev–Trinajstić information content (AvgIpc) is 2.02. The predicted octanol–water partition coefficient (Wildman–Crippen LogP) is 2.51. The molecule has 0 aliphatic heterocycles. The summed E-state index contributed by atoms with van der Waals surface area (Å²) in [6.07, 6.45) is 5.52. The van der Waals surface area contributed by atoms with E-state index in [0.29, 0.717) is 0 Å². The Balaban J connectivity index is 2.60. The molecule has 0 saturated heterocycles. The second kappa shape index (κ2) is 4.29. The summed E-state index contributed by atoms with van der Waals surface area (Å²) in [7, 11) is -1.48. The lowest BCUT2D eigenvalue weighted by Gasteiger charge is -2.29. The lowest BCUT2D eigenvalue weighted by atomic mass is 9.95. The highest BCUT2D eigenvalue weighted by Gasteiger charge is 2.24. The molecule has 0 saturated carbocycles. The molecular weight excluding hydrogens is 180 g/mol. The third kappa shape index (κ3) is 3.52. The lowest BCUT2D eigenvalue weighted by Crippen LogP contribution is -2.29. The first-order chi connectivity index (χ1) is 6.03. The molecule has 1 atom stereocenters. The summed E-state index contributed by atoms with van der Waals surface area (Å²) >= 11 is 0. The van der Waals surface area contributed by atoms with Crippen LogP contribution in [0.5, 0.6) is 0 Å². The van der Waals surface area contributed by atoms with Crippen molar-refractivity contribution in [2.45, 2.75) is 38.9 Å². The van der Waals surface area contributed by atoms with E-state index in [1.807, 2.05) is 0 Å². The molecule has 2 nitrogen and oxygen atoms in total. The van der Waals surface area contributed by atoms with Gasteiger partial charge in [-0.2, -0.15) is 0 Å². The molecule has 0 heterocycles. The van der Waals surface area contributed by atoms with Crippen LogP contribution in [0.25, 0.3) is 0 Å². The number of hydrogen-bond acceptors (Lipinski definition) is 2. The summed E-state index contributed by atoms with van der Waals surface area (Å²) < 4.78 is 5.92. The quantitative estimate of drug-likeness (QED) is 0.709. The number of aliphatic hydroxyl groups is 1. The van der Waals surface area contributed by atoms with Crippen LogP contribution in [0.4, 0.5) is 0 Å². The van der Waals surface area contributed by atoms with Gasteiger partial charge in [-0.3, -0.25) is 0 Å². The molecule has 13 heavy (non-hydrogen) atoms. The Morgan fingerprint density at radius 3 is 2.77 bits per heavy atom. The third-order valence-corrected chi connectivity index (χ3v) is 3.00. The minimum absolute atomic E-state index is 0.232. The molecule has 0 aromatic rings. The van der Waals surface area contributed by atoms with Crippen LogP contribution in [0.2, 0.25) is 19.6 Å². The summed E-state index contributed by atoms with van der Waals surface area (Å²) in [5.41, 5.74) is 0. The number of allylic oxidation sites excluding steroid dienone is 1. The number of hydrogen-bond donors (Lipinski definition) is 1. The molecule has 0 fully saturated rings. The minimum atomic E-state index is -1.48.